The molecular weight excluding hydrogens is 360 g/mol. The fraction of sp³-hybridized carbons (Fsp3) is 1.00. The Balaban J connectivity index is 3.33. The molecule has 0 bridgehead atoms. The first-order valence-electron chi connectivity index (χ1n) is 10.7. The van der Waals surface area contributed by atoms with Gasteiger partial charge < -0.3 is 18.9 Å². The largest absolute Gasteiger partial charge is 0.353 e. The Hall–Kier alpha value is 0.274. The predicted octanol–water partition coefficient (Wildman–Crippen LogP) is 5.21. The second kappa shape index (κ2) is 21.6. The Bertz CT molecular complexity index is 232. The summed E-state index contributed by atoms with van der Waals surface area (Å²) in [6, 6.07) is 5.45. The van der Waals surface area contributed by atoms with Crippen LogP contribution in [0, 0.1) is 0 Å². The summed E-state index contributed by atoms with van der Waals surface area (Å²) in [5.41, 5.74) is 0. The molecule has 0 spiro atoms. The first-order chi connectivity index (χ1) is 12.8. The zero-order valence-electron chi connectivity index (χ0n) is 17.7. The number of rotatable bonds is 21. The van der Waals surface area contributed by atoms with Crippen LogP contribution in [0.15, 0.2) is 0 Å². The van der Waals surface area contributed by atoms with Crippen LogP contribution in [-0.4, -0.2) is 58.0 Å². The van der Waals surface area contributed by atoms with Gasteiger partial charge in [0.25, 0.3) is 0 Å². The van der Waals surface area contributed by atoms with E-state index in [2.05, 4.69) is 0 Å². The summed E-state index contributed by atoms with van der Waals surface area (Å²) in [7, 11) is 2.21. The molecule has 0 heterocycles. The van der Waals surface area contributed by atoms with Crippen LogP contribution in [0.4, 0.5) is 0 Å². The van der Waals surface area contributed by atoms with Gasteiger partial charge >= 0.3 is 0 Å². The molecule has 4 nitrogen and oxygen atoms in total. The lowest BCUT2D eigenvalue weighted by atomic mass is 10.3. The molecule has 0 aromatic carbocycles. The third-order valence-electron chi connectivity index (χ3n) is 3.95. The molecule has 0 amide bonds. The van der Waals surface area contributed by atoms with E-state index in [9.17, 15) is 0 Å². The van der Waals surface area contributed by atoms with E-state index in [4.69, 9.17) is 18.9 Å². The molecular formula is C20H42O4Si2. The summed E-state index contributed by atoms with van der Waals surface area (Å²) in [4.78, 5) is 0. The molecule has 0 atom stereocenters. The fourth-order valence-corrected chi connectivity index (χ4v) is 5.12. The third kappa shape index (κ3) is 17.7. The van der Waals surface area contributed by atoms with Crippen molar-refractivity contribution < 1.29 is 18.9 Å². The average Bonchev–Trinajstić information content (AvgIpc) is 2.63. The maximum Gasteiger partial charge on any atom is 0.157 e. The van der Waals surface area contributed by atoms with Gasteiger partial charge in [0, 0.05) is 45.5 Å². The van der Waals surface area contributed by atoms with Crippen molar-refractivity contribution in [3.63, 3.8) is 0 Å². The van der Waals surface area contributed by atoms with Crippen molar-refractivity contribution in [2.45, 2.75) is 103 Å². The molecule has 6 heteroatoms. The van der Waals surface area contributed by atoms with Crippen molar-refractivity contribution >= 4 is 19.0 Å². The molecule has 0 unspecified atom stereocenters. The van der Waals surface area contributed by atoms with Crippen LogP contribution in [0.1, 0.15) is 66.2 Å². The van der Waals surface area contributed by atoms with Gasteiger partial charge in [0.05, 0.1) is 0 Å². The van der Waals surface area contributed by atoms with Crippen molar-refractivity contribution in [3.8, 4) is 0 Å². The van der Waals surface area contributed by atoms with E-state index in [1.165, 1.54) is 49.9 Å². The number of ether oxygens (including phenoxy) is 4. The highest BCUT2D eigenvalue weighted by molar-refractivity contribution is 6.36. The molecule has 0 saturated heterocycles. The molecule has 0 aliphatic rings. The highest BCUT2D eigenvalue weighted by atomic mass is 28.2. The Morgan fingerprint density at radius 3 is 1.12 bits per heavy atom. The van der Waals surface area contributed by atoms with Crippen molar-refractivity contribution in [2.24, 2.45) is 0 Å². The van der Waals surface area contributed by atoms with Gasteiger partial charge in [-0.05, 0) is 40.5 Å². The predicted molar refractivity (Wildman–Crippen MR) is 113 cm³/mol. The highest BCUT2D eigenvalue weighted by Crippen LogP contribution is 2.11. The zero-order chi connectivity index (χ0) is 19.3. The summed E-state index contributed by atoms with van der Waals surface area (Å²) >= 11 is 0. The van der Waals surface area contributed by atoms with E-state index in [-0.39, 0.29) is 12.6 Å². The van der Waals surface area contributed by atoms with Crippen LogP contribution >= 0.6 is 0 Å². The van der Waals surface area contributed by atoms with Gasteiger partial charge in [-0.25, -0.2) is 0 Å². The molecule has 4 radical (unpaired) electrons. The van der Waals surface area contributed by atoms with Crippen molar-refractivity contribution in [2.75, 3.05) is 26.4 Å². The van der Waals surface area contributed by atoms with E-state index >= 15 is 0 Å². The Morgan fingerprint density at radius 1 is 0.500 bits per heavy atom. The first kappa shape index (κ1) is 26.3. The summed E-state index contributed by atoms with van der Waals surface area (Å²) in [6.07, 6.45) is 7.36. The quantitative estimate of drug-likeness (QED) is 0.150. The van der Waals surface area contributed by atoms with Crippen LogP contribution in [-0.2, 0) is 18.9 Å². The van der Waals surface area contributed by atoms with Gasteiger partial charge in [0.1, 0.15) is 0 Å². The second-order valence-electron chi connectivity index (χ2n) is 6.17. The van der Waals surface area contributed by atoms with E-state index in [1.807, 2.05) is 27.7 Å². The Labute approximate surface area is 167 Å². The first-order valence-corrected chi connectivity index (χ1v) is 13.5. The summed E-state index contributed by atoms with van der Waals surface area (Å²) in [5, 5.41) is 0. The molecule has 0 aliphatic heterocycles. The van der Waals surface area contributed by atoms with Gasteiger partial charge in [0.2, 0.25) is 0 Å². The molecule has 0 aromatic heterocycles. The van der Waals surface area contributed by atoms with Gasteiger partial charge in [-0.3, -0.25) is 0 Å². The monoisotopic (exact) mass is 402 g/mol. The average molecular weight is 403 g/mol. The Morgan fingerprint density at radius 2 is 0.808 bits per heavy atom. The van der Waals surface area contributed by atoms with Crippen molar-refractivity contribution in [1.29, 1.82) is 0 Å². The van der Waals surface area contributed by atoms with Gasteiger partial charge in [-0.2, -0.15) is 0 Å². The minimum atomic E-state index is 0.0149. The number of hydrogen-bond donors (Lipinski definition) is 0. The van der Waals surface area contributed by atoms with E-state index in [0.29, 0.717) is 0 Å². The third-order valence-corrected chi connectivity index (χ3v) is 6.78. The standard InChI is InChI=1S/C20H42O4Si2/c1-5-21-19(22-6-2)13-11-17-25-15-9-10-16-26-18-12-14-20(23-7-3)24-8-4/h19-20H,5-18H2,1-4H3. The van der Waals surface area contributed by atoms with Gasteiger partial charge in [-0.15, -0.1) is 0 Å². The SMILES string of the molecule is CCOC(CCC[Si]CCCC[Si]CCCC(OCC)OCC)OCC. The Kier molecular flexibility index (Phi) is 21.8. The number of hydrogen-bond acceptors (Lipinski definition) is 4. The highest BCUT2D eigenvalue weighted by Gasteiger charge is 2.08. The molecule has 0 rings (SSSR count). The van der Waals surface area contributed by atoms with Crippen LogP contribution in [0.2, 0.25) is 24.2 Å². The van der Waals surface area contributed by atoms with Crippen molar-refractivity contribution in [1.82, 2.24) is 0 Å². The van der Waals surface area contributed by atoms with Crippen LogP contribution in [0.3, 0.4) is 0 Å². The summed E-state index contributed by atoms with van der Waals surface area (Å²) in [6.45, 7) is 11.1. The molecule has 0 aromatic rings. The van der Waals surface area contributed by atoms with Crippen molar-refractivity contribution in [3.05, 3.63) is 0 Å². The topological polar surface area (TPSA) is 36.9 Å². The van der Waals surface area contributed by atoms with E-state index in [1.54, 1.807) is 0 Å². The molecule has 0 aliphatic carbocycles. The zero-order valence-corrected chi connectivity index (χ0v) is 19.7. The van der Waals surface area contributed by atoms with E-state index in [0.717, 1.165) is 58.3 Å². The molecule has 154 valence electrons. The molecule has 0 saturated carbocycles. The lowest BCUT2D eigenvalue weighted by Gasteiger charge is -2.16. The summed E-state index contributed by atoms with van der Waals surface area (Å²) < 4.78 is 22.3. The van der Waals surface area contributed by atoms with Crippen LogP contribution in [0.25, 0.3) is 0 Å². The maximum absolute atomic E-state index is 5.58. The molecule has 26 heavy (non-hydrogen) atoms. The maximum atomic E-state index is 5.58. The van der Waals surface area contributed by atoms with Crippen LogP contribution < -0.4 is 0 Å². The van der Waals surface area contributed by atoms with E-state index < -0.39 is 0 Å². The lowest BCUT2D eigenvalue weighted by Crippen LogP contribution is -2.17. The number of unbranched alkanes of at least 4 members (excludes halogenated alkanes) is 1. The van der Waals surface area contributed by atoms with Crippen LogP contribution in [0.5, 0.6) is 0 Å². The van der Waals surface area contributed by atoms with Gasteiger partial charge in [0.15, 0.2) is 12.6 Å². The fourth-order valence-electron chi connectivity index (χ4n) is 2.71. The second-order valence-corrected chi connectivity index (χ2v) is 9.17. The molecule has 0 fully saturated rings. The minimum absolute atomic E-state index is 0.0149. The summed E-state index contributed by atoms with van der Waals surface area (Å²) in [5.74, 6) is 0. The smallest absolute Gasteiger partial charge is 0.157 e. The minimum Gasteiger partial charge on any atom is -0.353 e. The molecule has 0 N–H and O–H groups in total. The lowest BCUT2D eigenvalue weighted by molar-refractivity contribution is -0.139. The normalized spacial score (nSPS) is 11.8. The van der Waals surface area contributed by atoms with Gasteiger partial charge in [-0.1, -0.05) is 49.9 Å².